The van der Waals surface area contributed by atoms with Crippen LogP contribution in [0.2, 0.25) is 5.02 Å². The molecule has 3 aromatic rings. The Morgan fingerprint density at radius 1 is 1.11 bits per heavy atom. The van der Waals surface area contributed by atoms with Crippen molar-refractivity contribution in [3.05, 3.63) is 75.7 Å². The van der Waals surface area contributed by atoms with Gasteiger partial charge in [0, 0.05) is 47.8 Å². The zero-order valence-electron chi connectivity index (χ0n) is 15.3. The van der Waals surface area contributed by atoms with Crippen LogP contribution in [0.5, 0.6) is 5.75 Å². The minimum Gasteiger partial charge on any atom is -0.487 e. The monoisotopic (exact) mass is 413 g/mol. The van der Waals surface area contributed by atoms with Crippen LogP contribution in [0.3, 0.4) is 0 Å². The van der Waals surface area contributed by atoms with E-state index in [9.17, 15) is 4.79 Å². The van der Waals surface area contributed by atoms with Crippen molar-refractivity contribution in [3.8, 4) is 5.75 Å². The average molecular weight is 414 g/mol. The Kier molecular flexibility index (Phi) is 5.78. The number of aromatic nitrogens is 1. The second kappa shape index (κ2) is 8.63. The molecular weight excluding hydrogens is 394 g/mol. The molecule has 0 N–H and O–H groups in total. The van der Waals surface area contributed by atoms with E-state index in [4.69, 9.17) is 16.3 Å². The number of hydrogen-bond acceptors (Lipinski definition) is 5. The molecule has 144 valence electrons. The molecule has 1 aromatic heterocycles. The number of carbonyl (C=O) groups excluding carboxylic acids is 1. The molecule has 1 aliphatic heterocycles. The van der Waals surface area contributed by atoms with Gasteiger partial charge < -0.3 is 14.5 Å². The van der Waals surface area contributed by atoms with E-state index in [2.05, 4.69) is 9.88 Å². The maximum absolute atomic E-state index is 12.9. The predicted octanol–water partition coefficient (Wildman–Crippen LogP) is 4.34. The number of halogens is 1. The highest BCUT2D eigenvalue weighted by Crippen LogP contribution is 2.22. The average Bonchev–Trinajstić information content (AvgIpc) is 3.26. The summed E-state index contributed by atoms with van der Waals surface area (Å²) < 4.78 is 5.77. The van der Waals surface area contributed by atoms with E-state index in [0.29, 0.717) is 31.0 Å². The van der Waals surface area contributed by atoms with Gasteiger partial charge in [-0.1, -0.05) is 23.7 Å². The molecule has 2 aromatic carbocycles. The number of piperazine rings is 1. The number of benzene rings is 2. The third kappa shape index (κ3) is 4.46. The molecule has 0 aliphatic carbocycles. The number of nitrogens with zero attached hydrogens (tertiary/aromatic N) is 3. The number of ether oxygens (including phenoxy) is 1. The molecule has 0 atom stereocenters. The van der Waals surface area contributed by atoms with Crippen molar-refractivity contribution in [1.82, 2.24) is 9.88 Å². The normalized spacial score (nSPS) is 14.2. The van der Waals surface area contributed by atoms with Crippen molar-refractivity contribution in [2.45, 2.75) is 6.61 Å². The van der Waals surface area contributed by atoms with Crippen LogP contribution < -0.4 is 9.64 Å². The largest absolute Gasteiger partial charge is 0.487 e. The first-order valence-corrected chi connectivity index (χ1v) is 10.4. The van der Waals surface area contributed by atoms with E-state index < -0.39 is 0 Å². The molecule has 2 heterocycles. The van der Waals surface area contributed by atoms with Crippen LogP contribution in [-0.2, 0) is 6.61 Å². The first-order valence-electron chi connectivity index (χ1n) is 9.09. The first kappa shape index (κ1) is 18.8. The Balaban J connectivity index is 1.36. The summed E-state index contributed by atoms with van der Waals surface area (Å²) in [5.41, 5.74) is 4.41. The summed E-state index contributed by atoms with van der Waals surface area (Å²) in [7, 11) is 0. The van der Waals surface area contributed by atoms with Gasteiger partial charge in [-0.2, -0.15) is 0 Å². The lowest BCUT2D eigenvalue weighted by Gasteiger charge is -2.36. The van der Waals surface area contributed by atoms with Crippen molar-refractivity contribution in [1.29, 1.82) is 0 Å². The Hall–Kier alpha value is -2.57. The van der Waals surface area contributed by atoms with Gasteiger partial charge in [-0.25, -0.2) is 4.98 Å². The summed E-state index contributed by atoms with van der Waals surface area (Å²) >= 11 is 7.63. The summed E-state index contributed by atoms with van der Waals surface area (Å²) in [5.74, 6) is 0.710. The molecule has 0 radical (unpaired) electrons. The van der Waals surface area contributed by atoms with Crippen LogP contribution in [-0.4, -0.2) is 42.0 Å². The number of thiazole rings is 1. The number of amides is 1. The van der Waals surface area contributed by atoms with Crippen molar-refractivity contribution in [2.75, 3.05) is 31.1 Å². The van der Waals surface area contributed by atoms with Crippen molar-refractivity contribution >= 4 is 34.5 Å². The fraction of sp³-hybridized carbons (Fsp3) is 0.238. The Bertz CT molecular complexity index is 940. The van der Waals surface area contributed by atoms with Gasteiger partial charge in [-0.05, 0) is 36.4 Å². The van der Waals surface area contributed by atoms with Crippen molar-refractivity contribution < 1.29 is 9.53 Å². The van der Waals surface area contributed by atoms with Gasteiger partial charge in [0.25, 0.3) is 5.91 Å². The summed E-state index contributed by atoms with van der Waals surface area (Å²) in [6.07, 6.45) is 0. The maximum Gasteiger partial charge on any atom is 0.254 e. The summed E-state index contributed by atoms with van der Waals surface area (Å²) in [6.45, 7) is 3.32. The molecule has 1 aliphatic rings. The van der Waals surface area contributed by atoms with Gasteiger partial charge in [-0.15, -0.1) is 11.3 Å². The van der Waals surface area contributed by atoms with E-state index in [-0.39, 0.29) is 5.91 Å². The summed E-state index contributed by atoms with van der Waals surface area (Å²) in [6, 6.07) is 15.2. The van der Waals surface area contributed by atoms with E-state index in [1.807, 2.05) is 52.7 Å². The Morgan fingerprint density at radius 2 is 1.93 bits per heavy atom. The van der Waals surface area contributed by atoms with E-state index in [1.165, 1.54) is 11.3 Å². The lowest BCUT2D eigenvalue weighted by molar-refractivity contribution is 0.0746. The molecule has 1 fully saturated rings. The van der Waals surface area contributed by atoms with Crippen LogP contribution in [0.1, 0.15) is 16.1 Å². The molecule has 0 saturated carbocycles. The second-order valence-corrected chi connectivity index (χ2v) is 7.71. The number of hydrogen-bond donors (Lipinski definition) is 0. The fourth-order valence-electron chi connectivity index (χ4n) is 3.21. The lowest BCUT2D eigenvalue weighted by atomic mass is 10.1. The highest BCUT2D eigenvalue weighted by atomic mass is 35.5. The van der Waals surface area contributed by atoms with Gasteiger partial charge in [0.15, 0.2) is 0 Å². The van der Waals surface area contributed by atoms with E-state index in [0.717, 1.165) is 29.5 Å². The van der Waals surface area contributed by atoms with Gasteiger partial charge in [0.05, 0.1) is 11.2 Å². The Labute approximate surface area is 173 Å². The molecule has 7 heteroatoms. The van der Waals surface area contributed by atoms with Crippen molar-refractivity contribution in [3.63, 3.8) is 0 Å². The van der Waals surface area contributed by atoms with Crippen LogP contribution in [0, 0.1) is 0 Å². The standard InChI is InChI=1S/C21H20ClN3O2S/c22-17-4-2-5-19(12-17)24-7-9-25(10-8-24)21(26)16-3-1-6-20(11-16)27-13-18-14-28-15-23-18/h1-6,11-12,14-15H,7-10,13H2. The Morgan fingerprint density at radius 3 is 2.68 bits per heavy atom. The summed E-state index contributed by atoms with van der Waals surface area (Å²) in [4.78, 5) is 21.2. The SMILES string of the molecule is O=C(c1cccc(OCc2cscn2)c1)N1CCN(c2cccc(Cl)c2)CC1. The third-order valence-electron chi connectivity index (χ3n) is 4.69. The predicted molar refractivity (Wildman–Crippen MR) is 112 cm³/mol. The smallest absolute Gasteiger partial charge is 0.254 e. The topological polar surface area (TPSA) is 45.7 Å². The first-order chi connectivity index (χ1) is 13.7. The van der Waals surface area contributed by atoms with Gasteiger partial charge in [0.2, 0.25) is 0 Å². The highest BCUT2D eigenvalue weighted by molar-refractivity contribution is 7.07. The quantitative estimate of drug-likeness (QED) is 0.624. The molecule has 0 spiro atoms. The fourth-order valence-corrected chi connectivity index (χ4v) is 3.94. The molecule has 1 saturated heterocycles. The molecule has 28 heavy (non-hydrogen) atoms. The minimum absolute atomic E-state index is 0.0323. The van der Waals surface area contributed by atoms with Crippen LogP contribution in [0.25, 0.3) is 0 Å². The highest BCUT2D eigenvalue weighted by Gasteiger charge is 2.22. The summed E-state index contributed by atoms with van der Waals surface area (Å²) in [5, 5.41) is 2.68. The van der Waals surface area contributed by atoms with Gasteiger partial charge in [-0.3, -0.25) is 4.79 Å². The molecule has 0 bridgehead atoms. The van der Waals surface area contributed by atoms with Gasteiger partial charge >= 0.3 is 0 Å². The lowest BCUT2D eigenvalue weighted by Crippen LogP contribution is -2.48. The van der Waals surface area contributed by atoms with Crippen LogP contribution >= 0.6 is 22.9 Å². The van der Waals surface area contributed by atoms with Crippen LogP contribution in [0.4, 0.5) is 5.69 Å². The van der Waals surface area contributed by atoms with E-state index in [1.54, 1.807) is 11.6 Å². The second-order valence-electron chi connectivity index (χ2n) is 6.56. The van der Waals surface area contributed by atoms with E-state index >= 15 is 0 Å². The third-order valence-corrected chi connectivity index (χ3v) is 5.56. The van der Waals surface area contributed by atoms with Crippen molar-refractivity contribution in [2.24, 2.45) is 0 Å². The number of rotatable bonds is 5. The number of anilines is 1. The van der Waals surface area contributed by atoms with Gasteiger partial charge in [0.1, 0.15) is 12.4 Å². The zero-order chi connectivity index (χ0) is 19.3. The molecule has 4 rings (SSSR count). The molecular formula is C21H20ClN3O2S. The number of carbonyl (C=O) groups is 1. The maximum atomic E-state index is 12.9. The minimum atomic E-state index is 0.0323. The zero-order valence-corrected chi connectivity index (χ0v) is 16.8. The molecule has 0 unspecified atom stereocenters. The van der Waals surface area contributed by atoms with Crippen LogP contribution in [0.15, 0.2) is 59.4 Å². The molecule has 5 nitrogen and oxygen atoms in total. The molecule has 1 amide bonds.